The monoisotopic (exact) mass is 563 g/mol. The number of benzene rings is 3. The highest BCUT2D eigenvalue weighted by Crippen LogP contribution is 2.28. The van der Waals surface area contributed by atoms with Crippen molar-refractivity contribution in [3.05, 3.63) is 88.6 Å². The van der Waals surface area contributed by atoms with E-state index in [0.717, 1.165) is 12.0 Å². The van der Waals surface area contributed by atoms with Crippen LogP contribution in [0.3, 0.4) is 0 Å². The molecule has 3 aromatic carbocycles. The molecular formula is C32H41N3O6. The van der Waals surface area contributed by atoms with Gasteiger partial charge in [0, 0.05) is 48.3 Å². The maximum absolute atomic E-state index is 10.4. The number of carbonyl (C=O) groups excluding carboxylic acids is 1. The molecule has 41 heavy (non-hydrogen) atoms. The quantitative estimate of drug-likeness (QED) is 0.166. The standard InChI is InChI=1S/C22H28N2O3.C10H13NO3/c1-14(8-16-4-6-20-18(10-16)9-15(2)24(20)3)23-12-22(27)17-5-7-21(26)19(11-17)13-25;1-13-9-4-3-5-10(14-2)8(9)6-11-7-12/h4-7,9-11,14,22-23,25-27H,8,12-13H2,1-3H3;3-5,7H,6H2,1-2H3,(H,11,12). The molecule has 0 bridgehead atoms. The lowest BCUT2D eigenvalue weighted by Crippen LogP contribution is -2.32. The molecule has 5 N–H and O–H groups in total. The summed E-state index contributed by atoms with van der Waals surface area (Å²) >= 11 is 0. The zero-order valence-corrected chi connectivity index (χ0v) is 24.3. The number of hydrogen-bond acceptors (Lipinski definition) is 7. The normalized spacial score (nSPS) is 12.3. The number of fused-ring (bicyclic) bond motifs is 1. The third kappa shape index (κ3) is 8.23. The van der Waals surface area contributed by atoms with E-state index in [0.29, 0.717) is 42.1 Å². The zero-order valence-electron chi connectivity index (χ0n) is 24.3. The Bertz CT molecular complexity index is 1410. The molecule has 4 rings (SSSR count). The van der Waals surface area contributed by atoms with Crippen LogP contribution in [-0.2, 0) is 31.4 Å². The molecule has 1 aromatic heterocycles. The molecule has 9 heteroatoms. The fraction of sp³-hybridized carbons (Fsp3) is 0.344. The molecule has 2 atom stereocenters. The molecule has 0 saturated carbocycles. The van der Waals surface area contributed by atoms with Crippen LogP contribution in [0.25, 0.3) is 10.9 Å². The Morgan fingerprint density at radius 2 is 1.73 bits per heavy atom. The second-order valence-corrected chi connectivity index (χ2v) is 9.95. The van der Waals surface area contributed by atoms with Gasteiger partial charge in [0.25, 0.3) is 0 Å². The number of hydrogen-bond donors (Lipinski definition) is 5. The molecule has 0 aliphatic rings. The van der Waals surface area contributed by atoms with Gasteiger partial charge in [-0.1, -0.05) is 18.2 Å². The number of rotatable bonds is 12. The Kier molecular flexibility index (Phi) is 11.6. The highest BCUT2D eigenvalue weighted by molar-refractivity contribution is 5.82. The van der Waals surface area contributed by atoms with Gasteiger partial charge in [0.05, 0.1) is 32.5 Å². The van der Waals surface area contributed by atoms with Gasteiger partial charge in [-0.25, -0.2) is 0 Å². The number of ether oxygens (including phenoxy) is 2. The van der Waals surface area contributed by atoms with Gasteiger partial charge in [-0.3, -0.25) is 4.79 Å². The number of aryl methyl sites for hydroxylation is 2. The highest BCUT2D eigenvalue weighted by atomic mass is 16.5. The van der Waals surface area contributed by atoms with E-state index in [1.165, 1.54) is 28.2 Å². The summed E-state index contributed by atoms with van der Waals surface area (Å²) in [4.78, 5) is 10.2. The number of phenols is 1. The minimum absolute atomic E-state index is 0.0429. The number of carbonyl (C=O) groups is 1. The first kappa shape index (κ1) is 31.5. The minimum Gasteiger partial charge on any atom is -0.508 e. The van der Waals surface area contributed by atoms with E-state index in [9.17, 15) is 20.1 Å². The van der Waals surface area contributed by atoms with Gasteiger partial charge in [-0.15, -0.1) is 0 Å². The maximum atomic E-state index is 10.4. The number of aromatic nitrogens is 1. The van der Waals surface area contributed by atoms with Crippen LogP contribution in [0.2, 0.25) is 0 Å². The largest absolute Gasteiger partial charge is 0.508 e. The summed E-state index contributed by atoms with van der Waals surface area (Å²) < 4.78 is 12.5. The number of methoxy groups -OCH3 is 2. The molecule has 220 valence electrons. The molecule has 0 aliphatic carbocycles. The first-order valence-corrected chi connectivity index (χ1v) is 13.5. The molecule has 1 heterocycles. The molecule has 0 radical (unpaired) electrons. The van der Waals surface area contributed by atoms with E-state index in [1.54, 1.807) is 26.4 Å². The average Bonchev–Trinajstić information content (AvgIpc) is 3.27. The smallest absolute Gasteiger partial charge is 0.207 e. The Morgan fingerprint density at radius 3 is 2.37 bits per heavy atom. The third-order valence-corrected chi connectivity index (χ3v) is 7.10. The molecule has 4 aromatic rings. The molecule has 0 aliphatic heterocycles. The van der Waals surface area contributed by atoms with E-state index in [1.807, 2.05) is 18.2 Å². The summed E-state index contributed by atoms with van der Waals surface area (Å²) in [5, 5.41) is 36.5. The number of aliphatic hydroxyl groups excluding tert-OH is 2. The van der Waals surface area contributed by atoms with Gasteiger partial charge < -0.3 is 40.0 Å². The Balaban J connectivity index is 0.000000278. The molecule has 9 nitrogen and oxygen atoms in total. The van der Waals surface area contributed by atoms with Gasteiger partial charge in [0.15, 0.2) is 0 Å². The maximum Gasteiger partial charge on any atom is 0.207 e. The van der Waals surface area contributed by atoms with Gasteiger partial charge in [0.1, 0.15) is 17.2 Å². The van der Waals surface area contributed by atoms with E-state index < -0.39 is 6.10 Å². The van der Waals surface area contributed by atoms with Gasteiger partial charge in [-0.05, 0) is 73.9 Å². The van der Waals surface area contributed by atoms with Crippen molar-refractivity contribution in [2.24, 2.45) is 7.05 Å². The number of amides is 1. The van der Waals surface area contributed by atoms with Gasteiger partial charge in [-0.2, -0.15) is 0 Å². The fourth-order valence-corrected chi connectivity index (χ4v) is 4.71. The molecule has 2 unspecified atom stereocenters. The highest BCUT2D eigenvalue weighted by Gasteiger charge is 2.13. The van der Waals surface area contributed by atoms with Crippen LogP contribution in [0.1, 0.15) is 41.0 Å². The van der Waals surface area contributed by atoms with Crippen molar-refractivity contribution in [3.8, 4) is 17.2 Å². The number of nitrogens with one attached hydrogen (secondary N) is 2. The second-order valence-electron chi connectivity index (χ2n) is 9.95. The van der Waals surface area contributed by atoms with Crippen LogP contribution >= 0.6 is 0 Å². The molecule has 1 amide bonds. The number of nitrogens with zero attached hydrogens (tertiary/aromatic N) is 1. The van der Waals surface area contributed by atoms with Crippen molar-refractivity contribution < 1.29 is 29.6 Å². The summed E-state index contributed by atoms with van der Waals surface area (Å²) in [7, 11) is 5.24. The minimum atomic E-state index is -0.697. The Morgan fingerprint density at radius 1 is 1.02 bits per heavy atom. The van der Waals surface area contributed by atoms with Crippen LogP contribution in [0.4, 0.5) is 0 Å². The van der Waals surface area contributed by atoms with Crippen molar-refractivity contribution in [3.63, 3.8) is 0 Å². The lowest BCUT2D eigenvalue weighted by molar-refractivity contribution is -0.109. The van der Waals surface area contributed by atoms with Crippen LogP contribution in [-0.4, -0.2) is 53.1 Å². The van der Waals surface area contributed by atoms with E-state index in [4.69, 9.17) is 9.47 Å². The predicted octanol–water partition coefficient (Wildman–Crippen LogP) is 3.89. The van der Waals surface area contributed by atoms with Crippen LogP contribution < -0.4 is 20.1 Å². The number of aliphatic hydroxyl groups is 2. The van der Waals surface area contributed by atoms with Crippen molar-refractivity contribution in [1.82, 2.24) is 15.2 Å². The summed E-state index contributed by atoms with van der Waals surface area (Å²) in [6.45, 7) is 4.76. The molecule has 0 saturated heterocycles. The zero-order chi connectivity index (χ0) is 29.9. The average molecular weight is 564 g/mol. The van der Waals surface area contributed by atoms with E-state index >= 15 is 0 Å². The summed E-state index contributed by atoms with van der Waals surface area (Å²) in [5.74, 6) is 1.46. The van der Waals surface area contributed by atoms with E-state index in [2.05, 4.69) is 60.4 Å². The summed E-state index contributed by atoms with van der Waals surface area (Å²) in [6, 6.07) is 19.2. The van der Waals surface area contributed by atoms with Crippen molar-refractivity contribution in [2.75, 3.05) is 20.8 Å². The molecular weight excluding hydrogens is 522 g/mol. The van der Waals surface area contributed by atoms with Crippen molar-refractivity contribution in [2.45, 2.75) is 45.6 Å². The Labute approximate surface area is 241 Å². The van der Waals surface area contributed by atoms with Crippen molar-refractivity contribution >= 4 is 17.3 Å². The van der Waals surface area contributed by atoms with Gasteiger partial charge >= 0.3 is 0 Å². The van der Waals surface area contributed by atoms with Gasteiger partial charge in [0.2, 0.25) is 6.41 Å². The first-order chi connectivity index (χ1) is 19.7. The molecule has 0 spiro atoms. The first-order valence-electron chi connectivity index (χ1n) is 13.5. The SMILES string of the molecule is COc1cccc(OC)c1CNC=O.Cc1cc2cc(CC(C)NCC(O)c3ccc(O)c(CO)c3)ccc2n1C. The second kappa shape index (κ2) is 15.1. The third-order valence-electron chi connectivity index (χ3n) is 7.10. The topological polar surface area (TPSA) is 125 Å². The van der Waals surface area contributed by atoms with Crippen LogP contribution in [0.15, 0.2) is 60.7 Å². The fourth-order valence-electron chi connectivity index (χ4n) is 4.71. The Hall–Kier alpha value is -4.05. The molecule has 0 fully saturated rings. The van der Waals surface area contributed by atoms with Crippen LogP contribution in [0.5, 0.6) is 17.2 Å². The lowest BCUT2D eigenvalue weighted by Gasteiger charge is -2.18. The van der Waals surface area contributed by atoms with Crippen LogP contribution in [0, 0.1) is 6.92 Å². The number of aromatic hydroxyl groups is 1. The summed E-state index contributed by atoms with van der Waals surface area (Å²) in [6.07, 6.45) is 0.817. The van der Waals surface area contributed by atoms with E-state index in [-0.39, 0.29) is 18.4 Å². The predicted molar refractivity (Wildman–Crippen MR) is 160 cm³/mol. The summed E-state index contributed by atoms with van der Waals surface area (Å²) in [5.41, 5.74) is 5.68. The van der Waals surface area contributed by atoms with Crippen molar-refractivity contribution in [1.29, 1.82) is 0 Å². The lowest BCUT2D eigenvalue weighted by atomic mass is 10.0.